The van der Waals surface area contributed by atoms with Gasteiger partial charge in [-0.1, -0.05) is 30.3 Å². The largest absolute Gasteiger partial charge is 0.478 e. The van der Waals surface area contributed by atoms with E-state index < -0.39 is 5.97 Å². The Labute approximate surface area is 112 Å². The molecule has 96 valence electrons. The fourth-order valence-electron chi connectivity index (χ4n) is 1.89. The van der Waals surface area contributed by atoms with Crippen molar-refractivity contribution in [1.82, 2.24) is 4.98 Å². The van der Waals surface area contributed by atoms with Gasteiger partial charge in [-0.05, 0) is 41.7 Å². The fourth-order valence-corrected chi connectivity index (χ4v) is 1.89. The standard InChI is InChI=1S/C16H15NO2/c1-12(9-16(18)19)15-6-4-13(5-7-15)10-14-3-2-8-17-11-14/h2-9,11H,10H2,1H3,(H,18,19). The first-order valence-electron chi connectivity index (χ1n) is 6.04. The van der Waals surface area contributed by atoms with E-state index in [1.165, 1.54) is 11.6 Å². The van der Waals surface area contributed by atoms with E-state index in [1.807, 2.05) is 42.6 Å². The second-order valence-electron chi connectivity index (χ2n) is 4.40. The topological polar surface area (TPSA) is 50.2 Å². The van der Waals surface area contributed by atoms with E-state index in [9.17, 15) is 4.79 Å². The highest BCUT2D eigenvalue weighted by Gasteiger charge is 2.00. The van der Waals surface area contributed by atoms with E-state index in [-0.39, 0.29) is 0 Å². The van der Waals surface area contributed by atoms with E-state index in [4.69, 9.17) is 5.11 Å². The molecule has 0 saturated heterocycles. The Bertz CT molecular complexity index is 586. The summed E-state index contributed by atoms with van der Waals surface area (Å²) in [5.74, 6) is -0.920. The number of benzene rings is 1. The number of aromatic nitrogens is 1. The van der Waals surface area contributed by atoms with Gasteiger partial charge in [0, 0.05) is 18.5 Å². The number of carbonyl (C=O) groups is 1. The van der Waals surface area contributed by atoms with Gasteiger partial charge in [-0.3, -0.25) is 4.98 Å². The molecule has 0 saturated carbocycles. The lowest BCUT2D eigenvalue weighted by Crippen LogP contribution is -1.92. The number of pyridine rings is 1. The van der Waals surface area contributed by atoms with Crippen LogP contribution < -0.4 is 0 Å². The van der Waals surface area contributed by atoms with Gasteiger partial charge in [0.1, 0.15) is 0 Å². The van der Waals surface area contributed by atoms with E-state index in [0.29, 0.717) is 0 Å². The molecule has 2 rings (SSSR count). The average Bonchev–Trinajstić information content (AvgIpc) is 2.40. The van der Waals surface area contributed by atoms with Crippen LogP contribution in [0.25, 0.3) is 5.57 Å². The third kappa shape index (κ3) is 3.78. The third-order valence-corrected chi connectivity index (χ3v) is 2.88. The van der Waals surface area contributed by atoms with Crippen LogP contribution in [0.15, 0.2) is 54.9 Å². The molecule has 1 aromatic heterocycles. The molecular formula is C16H15NO2. The highest BCUT2D eigenvalue weighted by Crippen LogP contribution is 2.16. The molecule has 0 amide bonds. The lowest BCUT2D eigenvalue weighted by Gasteiger charge is -2.04. The molecule has 1 aromatic carbocycles. The van der Waals surface area contributed by atoms with Gasteiger partial charge < -0.3 is 5.11 Å². The highest BCUT2D eigenvalue weighted by atomic mass is 16.4. The van der Waals surface area contributed by atoms with Gasteiger partial charge in [-0.15, -0.1) is 0 Å². The van der Waals surface area contributed by atoms with Gasteiger partial charge >= 0.3 is 5.97 Å². The van der Waals surface area contributed by atoms with Crippen molar-refractivity contribution in [2.45, 2.75) is 13.3 Å². The number of aliphatic carboxylic acids is 1. The zero-order valence-electron chi connectivity index (χ0n) is 10.7. The van der Waals surface area contributed by atoms with Crippen LogP contribution >= 0.6 is 0 Å². The number of carboxylic acid groups (broad SMARTS) is 1. The summed E-state index contributed by atoms with van der Waals surface area (Å²) in [7, 11) is 0. The first-order chi connectivity index (χ1) is 9.15. The molecule has 1 N–H and O–H groups in total. The predicted octanol–water partition coefficient (Wildman–Crippen LogP) is 3.16. The lowest BCUT2D eigenvalue weighted by atomic mass is 10.0. The maximum Gasteiger partial charge on any atom is 0.328 e. The van der Waals surface area contributed by atoms with Crippen LogP contribution in [0.4, 0.5) is 0 Å². The van der Waals surface area contributed by atoms with Gasteiger partial charge in [-0.25, -0.2) is 4.79 Å². The Balaban J connectivity index is 2.13. The number of carboxylic acids is 1. The van der Waals surface area contributed by atoms with Crippen LogP contribution in [-0.4, -0.2) is 16.1 Å². The average molecular weight is 253 g/mol. The summed E-state index contributed by atoms with van der Waals surface area (Å²) in [6, 6.07) is 11.9. The summed E-state index contributed by atoms with van der Waals surface area (Å²) in [5, 5.41) is 8.71. The van der Waals surface area contributed by atoms with Crippen LogP contribution in [0.3, 0.4) is 0 Å². The first-order valence-corrected chi connectivity index (χ1v) is 6.04. The fraction of sp³-hybridized carbons (Fsp3) is 0.125. The highest BCUT2D eigenvalue weighted by molar-refractivity contribution is 5.89. The molecule has 1 heterocycles. The molecule has 0 bridgehead atoms. The molecule has 0 aliphatic rings. The van der Waals surface area contributed by atoms with E-state index >= 15 is 0 Å². The number of allylic oxidation sites excluding steroid dienone is 1. The zero-order valence-corrected chi connectivity index (χ0v) is 10.7. The Morgan fingerprint density at radius 2 is 1.95 bits per heavy atom. The Hall–Kier alpha value is -2.42. The second-order valence-corrected chi connectivity index (χ2v) is 4.40. The normalized spacial score (nSPS) is 11.3. The monoisotopic (exact) mass is 253 g/mol. The summed E-state index contributed by atoms with van der Waals surface area (Å²) in [4.78, 5) is 14.7. The number of hydrogen-bond acceptors (Lipinski definition) is 2. The third-order valence-electron chi connectivity index (χ3n) is 2.88. The minimum absolute atomic E-state index is 0.750. The van der Waals surface area contributed by atoms with Crippen LogP contribution in [0.1, 0.15) is 23.6 Å². The maximum atomic E-state index is 10.6. The summed E-state index contributed by atoms with van der Waals surface area (Å²) >= 11 is 0. The first kappa shape index (κ1) is 13.0. The minimum Gasteiger partial charge on any atom is -0.478 e. The van der Waals surface area contributed by atoms with Crippen LogP contribution in [0.5, 0.6) is 0 Å². The van der Waals surface area contributed by atoms with Crippen LogP contribution in [0, 0.1) is 0 Å². The van der Waals surface area contributed by atoms with E-state index in [1.54, 1.807) is 13.1 Å². The second kappa shape index (κ2) is 5.96. The molecule has 0 radical (unpaired) electrons. The molecule has 3 heteroatoms. The van der Waals surface area contributed by atoms with Crippen molar-refractivity contribution in [3.8, 4) is 0 Å². The van der Waals surface area contributed by atoms with Crippen molar-refractivity contribution in [1.29, 1.82) is 0 Å². The lowest BCUT2D eigenvalue weighted by molar-refractivity contribution is -0.131. The molecule has 0 fully saturated rings. The van der Waals surface area contributed by atoms with Crippen molar-refractivity contribution in [2.24, 2.45) is 0 Å². The van der Waals surface area contributed by atoms with Gasteiger partial charge in [0.15, 0.2) is 0 Å². The van der Waals surface area contributed by atoms with Gasteiger partial charge in [0.2, 0.25) is 0 Å². The SMILES string of the molecule is CC(=CC(=O)O)c1ccc(Cc2cccnc2)cc1. The number of hydrogen-bond donors (Lipinski definition) is 1. The van der Waals surface area contributed by atoms with Crippen molar-refractivity contribution < 1.29 is 9.90 Å². The molecule has 0 aliphatic heterocycles. The molecule has 19 heavy (non-hydrogen) atoms. The number of rotatable bonds is 4. The Morgan fingerprint density at radius 3 is 2.53 bits per heavy atom. The van der Waals surface area contributed by atoms with E-state index in [0.717, 1.165) is 23.1 Å². The van der Waals surface area contributed by atoms with Crippen LogP contribution in [0.2, 0.25) is 0 Å². The summed E-state index contributed by atoms with van der Waals surface area (Å²) in [6.07, 6.45) is 5.65. The Kier molecular flexibility index (Phi) is 4.08. The van der Waals surface area contributed by atoms with Crippen molar-refractivity contribution in [2.75, 3.05) is 0 Å². The van der Waals surface area contributed by atoms with Gasteiger partial charge in [0.05, 0.1) is 0 Å². The van der Waals surface area contributed by atoms with Gasteiger partial charge in [0.25, 0.3) is 0 Å². The molecule has 0 aliphatic carbocycles. The van der Waals surface area contributed by atoms with Crippen LogP contribution in [-0.2, 0) is 11.2 Å². The number of nitrogens with zero attached hydrogens (tertiary/aromatic N) is 1. The Morgan fingerprint density at radius 1 is 1.21 bits per heavy atom. The van der Waals surface area contributed by atoms with E-state index in [2.05, 4.69) is 4.98 Å². The summed E-state index contributed by atoms with van der Waals surface area (Å²) < 4.78 is 0. The maximum absolute atomic E-state index is 10.6. The molecule has 0 unspecified atom stereocenters. The van der Waals surface area contributed by atoms with Crippen molar-refractivity contribution >= 4 is 11.5 Å². The molecule has 0 spiro atoms. The van der Waals surface area contributed by atoms with Gasteiger partial charge in [-0.2, -0.15) is 0 Å². The zero-order chi connectivity index (χ0) is 13.7. The molecular weight excluding hydrogens is 238 g/mol. The van der Waals surface area contributed by atoms with Crippen molar-refractivity contribution in [3.05, 3.63) is 71.6 Å². The molecule has 2 aromatic rings. The smallest absolute Gasteiger partial charge is 0.328 e. The van der Waals surface area contributed by atoms with Crippen molar-refractivity contribution in [3.63, 3.8) is 0 Å². The molecule has 3 nitrogen and oxygen atoms in total. The summed E-state index contributed by atoms with van der Waals surface area (Å²) in [5.41, 5.74) is 4.02. The summed E-state index contributed by atoms with van der Waals surface area (Å²) in [6.45, 7) is 1.80. The molecule has 0 atom stereocenters. The minimum atomic E-state index is -0.920. The quantitative estimate of drug-likeness (QED) is 0.851. The predicted molar refractivity (Wildman–Crippen MR) is 74.8 cm³/mol.